The maximum Gasteiger partial charge on any atom is 0.319 e. The van der Waals surface area contributed by atoms with E-state index in [4.69, 9.17) is 5.11 Å². The van der Waals surface area contributed by atoms with Crippen LogP contribution in [0.15, 0.2) is 24.3 Å². The molecular weight excluding hydrogens is 268 g/mol. The molecule has 1 aromatic carbocycles. The summed E-state index contributed by atoms with van der Waals surface area (Å²) in [4.78, 5) is 23.2. The average Bonchev–Trinajstić information content (AvgIpc) is 2.87. The Morgan fingerprint density at radius 2 is 1.95 bits per heavy atom. The van der Waals surface area contributed by atoms with Crippen LogP contribution in [-0.4, -0.2) is 23.1 Å². The molecule has 3 N–H and O–H groups in total. The van der Waals surface area contributed by atoms with Gasteiger partial charge in [-0.25, -0.2) is 4.79 Å². The van der Waals surface area contributed by atoms with Crippen LogP contribution in [0.1, 0.15) is 44.6 Å². The largest absolute Gasteiger partial charge is 0.481 e. The van der Waals surface area contributed by atoms with Crippen LogP contribution in [0.25, 0.3) is 0 Å². The van der Waals surface area contributed by atoms with E-state index in [0.717, 1.165) is 24.1 Å². The molecule has 1 aliphatic rings. The van der Waals surface area contributed by atoms with E-state index < -0.39 is 11.9 Å². The standard InChI is InChI=1S/C16H22N2O3/c1-10(2)11-6-3-4-8-13(11)17-16(21)18-14-9-5-7-12(14)15(19)20/h3-4,6,8,10,12,14H,5,7,9H2,1-2H3,(H,19,20)(H2,17,18,21). The number of amides is 2. The van der Waals surface area contributed by atoms with Gasteiger partial charge in [0.05, 0.1) is 5.92 Å². The third-order valence-corrected chi connectivity index (χ3v) is 3.98. The summed E-state index contributed by atoms with van der Waals surface area (Å²) < 4.78 is 0. The van der Waals surface area contributed by atoms with Crippen molar-refractivity contribution >= 4 is 17.7 Å². The smallest absolute Gasteiger partial charge is 0.319 e. The summed E-state index contributed by atoms with van der Waals surface area (Å²) in [5, 5.41) is 14.8. The van der Waals surface area contributed by atoms with Crippen molar-refractivity contribution in [2.45, 2.75) is 45.1 Å². The first-order valence-electron chi connectivity index (χ1n) is 7.38. The SMILES string of the molecule is CC(C)c1ccccc1NC(=O)NC1CCCC1C(=O)O. The highest BCUT2D eigenvalue weighted by molar-refractivity contribution is 5.90. The minimum absolute atomic E-state index is 0.284. The predicted octanol–water partition coefficient (Wildman–Crippen LogP) is 3.18. The summed E-state index contributed by atoms with van der Waals surface area (Å²) in [6.07, 6.45) is 2.18. The highest BCUT2D eigenvalue weighted by atomic mass is 16.4. The number of urea groups is 1. The number of para-hydroxylation sites is 1. The topological polar surface area (TPSA) is 78.4 Å². The molecular formula is C16H22N2O3. The summed E-state index contributed by atoms with van der Waals surface area (Å²) >= 11 is 0. The van der Waals surface area contributed by atoms with Crippen LogP contribution in [0.5, 0.6) is 0 Å². The maximum absolute atomic E-state index is 12.1. The second-order valence-corrected chi connectivity index (χ2v) is 5.82. The maximum atomic E-state index is 12.1. The first kappa shape index (κ1) is 15.4. The summed E-state index contributed by atoms with van der Waals surface area (Å²) in [7, 11) is 0. The third-order valence-electron chi connectivity index (χ3n) is 3.98. The van der Waals surface area contributed by atoms with Gasteiger partial charge in [-0.1, -0.05) is 38.5 Å². The zero-order valence-electron chi connectivity index (χ0n) is 12.4. The van der Waals surface area contributed by atoms with Gasteiger partial charge in [-0.3, -0.25) is 4.79 Å². The number of rotatable bonds is 4. The van der Waals surface area contributed by atoms with Crippen LogP contribution in [0.3, 0.4) is 0 Å². The lowest BCUT2D eigenvalue weighted by molar-refractivity contribution is -0.142. The fourth-order valence-corrected chi connectivity index (χ4v) is 2.87. The molecule has 5 nitrogen and oxygen atoms in total. The van der Waals surface area contributed by atoms with Crippen molar-refractivity contribution < 1.29 is 14.7 Å². The number of nitrogens with one attached hydrogen (secondary N) is 2. The van der Waals surface area contributed by atoms with Crippen molar-refractivity contribution in [2.75, 3.05) is 5.32 Å². The van der Waals surface area contributed by atoms with Crippen LogP contribution in [0, 0.1) is 5.92 Å². The number of anilines is 1. The Morgan fingerprint density at radius 3 is 2.62 bits per heavy atom. The van der Waals surface area contributed by atoms with Crippen molar-refractivity contribution in [3.8, 4) is 0 Å². The van der Waals surface area contributed by atoms with Crippen molar-refractivity contribution in [1.82, 2.24) is 5.32 Å². The minimum Gasteiger partial charge on any atom is -0.481 e. The molecule has 2 atom stereocenters. The monoisotopic (exact) mass is 290 g/mol. The first-order valence-corrected chi connectivity index (χ1v) is 7.38. The number of carbonyl (C=O) groups is 2. The number of benzene rings is 1. The molecule has 0 bridgehead atoms. The molecule has 5 heteroatoms. The molecule has 0 radical (unpaired) electrons. The molecule has 2 unspecified atom stereocenters. The van der Waals surface area contributed by atoms with Gasteiger partial charge in [-0.2, -0.15) is 0 Å². The van der Waals surface area contributed by atoms with E-state index in [9.17, 15) is 9.59 Å². The van der Waals surface area contributed by atoms with E-state index in [2.05, 4.69) is 24.5 Å². The third kappa shape index (κ3) is 3.74. The summed E-state index contributed by atoms with van der Waals surface area (Å²) in [5.74, 6) is -1.00. The van der Waals surface area contributed by atoms with Gasteiger partial charge in [-0.15, -0.1) is 0 Å². The molecule has 1 saturated carbocycles. The molecule has 114 valence electrons. The second-order valence-electron chi connectivity index (χ2n) is 5.82. The summed E-state index contributed by atoms with van der Waals surface area (Å²) in [6.45, 7) is 4.13. The molecule has 0 saturated heterocycles. The zero-order valence-corrected chi connectivity index (χ0v) is 12.4. The zero-order chi connectivity index (χ0) is 15.4. The highest BCUT2D eigenvalue weighted by Crippen LogP contribution is 2.27. The number of aliphatic carboxylic acids is 1. The lowest BCUT2D eigenvalue weighted by Gasteiger charge is -2.19. The Kier molecular flexibility index (Phi) is 4.83. The summed E-state index contributed by atoms with van der Waals surface area (Å²) in [5.41, 5.74) is 1.84. The van der Waals surface area contributed by atoms with Gasteiger partial charge in [0.2, 0.25) is 0 Å². The molecule has 0 aromatic heterocycles. The molecule has 1 fully saturated rings. The Morgan fingerprint density at radius 1 is 1.24 bits per heavy atom. The van der Waals surface area contributed by atoms with Crippen molar-refractivity contribution in [1.29, 1.82) is 0 Å². The molecule has 2 amide bonds. The molecule has 21 heavy (non-hydrogen) atoms. The van der Waals surface area contributed by atoms with Crippen molar-refractivity contribution in [2.24, 2.45) is 5.92 Å². The lowest BCUT2D eigenvalue weighted by atomic mass is 10.0. The molecule has 0 spiro atoms. The number of hydrogen-bond acceptors (Lipinski definition) is 2. The van der Waals surface area contributed by atoms with Crippen LogP contribution in [0.2, 0.25) is 0 Å². The quantitative estimate of drug-likeness (QED) is 0.797. The molecule has 1 aromatic rings. The first-order chi connectivity index (χ1) is 9.99. The number of hydrogen-bond donors (Lipinski definition) is 3. The van der Waals surface area contributed by atoms with E-state index in [1.54, 1.807) is 0 Å². The fraction of sp³-hybridized carbons (Fsp3) is 0.500. The second kappa shape index (κ2) is 6.61. The molecule has 0 aliphatic heterocycles. The minimum atomic E-state index is -0.833. The lowest BCUT2D eigenvalue weighted by Crippen LogP contribution is -2.42. The van der Waals surface area contributed by atoms with E-state index in [-0.39, 0.29) is 12.1 Å². The van der Waals surface area contributed by atoms with Crippen LogP contribution in [-0.2, 0) is 4.79 Å². The van der Waals surface area contributed by atoms with Gasteiger partial charge in [0.15, 0.2) is 0 Å². The van der Waals surface area contributed by atoms with Crippen LogP contribution >= 0.6 is 0 Å². The average molecular weight is 290 g/mol. The van der Waals surface area contributed by atoms with Crippen molar-refractivity contribution in [3.05, 3.63) is 29.8 Å². The Hall–Kier alpha value is -2.04. The van der Waals surface area contributed by atoms with Gasteiger partial charge in [0.25, 0.3) is 0 Å². The van der Waals surface area contributed by atoms with E-state index in [0.29, 0.717) is 12.3 Å². The van der Waals surface area contributed by atoms with Gasteiger partial charge < -0.3 is 15.7 Å². The molecule has 2 rings (SSSR count). The van der Waals surface area contributed by atoms with Gasteiger partial charge in [-0.05, 0) is 30.4 Å². The number of carbonyl (C=O) groups excluding carboxylic acids is 1. The van der Waals surface area contributed by atoms with Gasteiger partial charge in [0.1, 0.15) is 0 Å². The Labute approximate surface area is 124 Å². The van der Waals surface area contributed by atoms with Gasteiger partial charge >= 0.3 is 12.0 Å². The van der Waals surface area contributed by atoms with Crippen LogP contribution < -0.4 is 10.6 Å². The van der Waals surface area contributed by atoms with E-state index in [1.165, 1.54) is 0 Å². The normalized spacial score (nSPS) is 21.3. The number of carboxylic acids is 1. The van der Waals surface area contributed by atoms with Crippen LogP contribution in [0.4, 0.5) is 10.5 Å². The molecule has 1 aliphatic carbocycles. The predicted molar refractivity (Wildman–Crippen MR) is 81.5 cm³/mol. The Balaban J connectivity index is 2.01. The van der Waals surface area contributed by atoms with Crippen molar-refractivity contribution in [3.63, 3.8) is 0 Å². The summed E-state index contributed by atoms with van der Waals surface area (Å²) in [6, 6.07) is 7.04. The van der Waals surface area contributed by atoms with E-state index in [1.807, 2.05) is 24.3 Å². The van der Waals surface area contributed by atoms with Gasteiger partial charge in [0, 0.05) is 11.7 Å². The number of carboxylic acid groups (broad SMARTS) is 1. The molecule has 0 heterocycles. The Bertz CT molecular complexity index is 528. The highest BCUT2D eigenvalue weighted by Gasteiger charge is 2.33. The van der Waals surface area contributed by atoms with E-state index >= 15 is 0 Å². The fourth-order valence-electron chi connectivity index (χ4n) is 2.87.